The van der Waals surface area contributed by atoms with E-state index in [2.05, 4.69) is 32.2 Å². The van der Waals surface area contributed by atoms with Gasteiger partial charge in [0.05, 0.1) is 11.3 Å². The van der Waals surface area contributed by atoms with Crippen LogP contribution >= 0.6 is 0 Å². The highest BCUT2D eigenvalue weighted by atomic mass is 14.9. The Bertz CT molecular complexity index is 444. The highest BCUT2D eigenvalue weighted by Gasteiger charge is 2.16. The van der Waals surface area contributed by atoms with Crippen molar-refractivity contribution in [2.45, 2.75) is 46.5 Å². The number of rotatable bonds is 7. The van der Waals surface area contributed by atoms with Gasteiger partial charge in [0.2, 0.25) is 0 Å². The molecule has 104 valence electrons. The quantitative estimate of drug-likeness (QED) is 0.571. The third-order valence-electron chi connectivity index (χ3n) is 3.40. The first-order valence-corrected chi connectivity index (χ1v) is 7.02. The fourth-order valence-electron chi connectivity index (χ4n) is 2.06. The average molecular weight is 259 g/mol. The van der Waals surface area contributed by atoms with Gasteiger partial charge < -0.3 is 11.1 Å². The van der Waals surface area contributed by atoms with E-state index < -0.39 is 0 Å². The summed E-state index contributed by atoms with van der Waals surface area (Å²) in [4.78, 5) is 0. The molecule has 0 atom stereocenters. The molecule has 0 spiro atoms. The van der Waals surface area contributed by atoms with Crippen LogP contribution in [0.15, 0.2) is 18.2 Å². The van der Waals surface area contributed by atoms with Crippen molar-refractivity contribution in [3.05, 3.63) is 23.8 Å². The predicted octanol–water partition coefficient (Wildman–Crippen LogP) is 4.16. The lowest BCUT2D eigenvalue weighted by molar-refractivity contribution is 0.342. The Hall–Kier alpha value is -1.69. The van der Waals surface area contributed by atoms with Crippen LogP contribution < -0.4 is 11.1 Å². The van der Waals surface area contributed by atoms with Gasteiger partial charge in [0, 0.05) is 12.2 Å². The monoisotopic (exact) mass is 259 g/mol. The van der Waals surface area contributed by atoms with Crippen LogP contribution in [0.3, 0.4) is 0 Å². The molecule has 19 heavy (non-hydrogen) atoms. The Kier molecular flexibility index (Phi) is 5.69. The maximum absolute atomic E-state index is 8.84. The number of hydrogen-bond donors (Lipinski definition) is 2. The van der Waals surface area contributed by atoms with Gasteiger partial charge in [0.1, 0.15) is 6.07 Å². The van der Waals surface area contributed by atoms with Gasteiger partial charge in [-0.1, -0.05) is 40.0 Å². The van der Waals surface area contributed by atoms with E-state index in [4.69, 9.17) is 11.0 Å². The highest BCUT2D eigenvalue weighted by molar-refractivity contribution is 5.62. The van der Waals surface area contributed by atoms with Crippen LogP contribution in [0.1, 0.15) is 52.0 Å². The van der Waals surface area contributed by atoms with Gasteiger partial charge in [-0.15, -0.1) is 0 Å². The lowest BCUT2D eigenvalue weighted by atomic mass is 9.87. The van der Waals surface area contributed by atoms with Crippen molar-refractivity contribution >= 4 is 11.4 Å². The Morgan fingerprint density at radius 1 is 1.32 bits per heavy atom. The zero-order chi connectivity index (χ0) is 14.3. The number of anilines is 2. The minimum atomic E-state index is 0.276. The number of nitrogens with zero attached hydrogens (tertiary/aromatic N) is 1. The Morgan fingerprint density at radius 2 is 2.05 bits per heavy atom. The highest BCUT2D eigenvalue weighted by Crippen LogP contribution is 2.25. The molecule has 1 rings (SSSR count). The molecule has 0 saturated heterocycles. The molecule has 0 saturated carbocycles. The van der Waals surface area contributed by atoms with Gasteiger partial charge in [0.25, 0.3) is 0 Å². The topological polar surface area (TPSA) is 61.8 Å². The summed E-state index contributed by atoms with van der Waals surface area (Å²) in [5, 5.41) is 12.3. The molecular weight excluding hydrogens is 234 g/mol. The van der Waals surface area contributed by atoms with Crippen molar-refractivity contribution in [1.29, 1.82) is 5.26 Å². The number of nitrogens with two attached hydrogens (primary N) is 1. The molecular formula is C16H25N3. The largest absolute Gasteiger partial charge is 0.398 e. The van der Waals surface area contributed by atoms with E-state index in [0.717, 1.165) is 12.2 Å². The Morgan fingerprint density at radius 3 is 2.63 bits per heavy atom. The number of unbranched alkanes of at least 4 members (excludes halogenated alkanes) is 2. The van der Waals surface area contributed by atoms with E-state index in [9.17, 15) is 0 Å². The molecule has 0 aliphatic rings. The van der Waals surface area contributed by atoms with Crippen molar-refractivity contribution in [2.24, 2.45) is 5.41 Å². The molecule has 0 radical (unpaired) electrons. The number of benzene rings is 1. The van der Waals surface area contributed by atoms with Gasteiger partial charge in [-0.3, -0.25) is 0 Å². The third-order valence-corrected chi connectivity index (χ3v) is 3.40. The summed E-state index contributed by atoms with van der Waals surface area (Å²) in [6.45, 7) is 7.71. The first-order valence-electron chi connectivity index (χ1n) is 7.02. The SMILES string of the molecule is CCCCCC(C)(C)CNc1ccc(C#N)c(N)c1. The molecule has 0 bridgehead atoms. The van der Waals surface area contributed by atoms with E-state index in [-0.39, 0.29) is 5.41 Å². The summed E-state index contributed by atoms with van der Waals surface area (Å²) < 4.78 is 0. The summed E-state index contributed by atoms with van der Waals surface area (Å²) in [7, 11) is 0. The van der Waals surface area contributed by atoms with Crippen molar-refractivity contribution in [1.82, 2.24) is 0 Å². The molecule has 3 nitrogen and oxygen atoms in total. The van der Waals surface area contributed by atoms with Crippen LogP contribution in [0, 0.1) is 16.7 Å². The minimum Gasteiger partial charge on any atom is -0.398 e. The summed E-state index contributed by atoms with van der Waals surface area (Å²) in [6, 6.07) is 7.59. The normalized spacial score (nSPS) is 11.1. The Labute approximate surface area is 116 Å². The number of nitrogen functional groups attached to an aromatic ring is 1. The molecule has 0 aliphatic heterocycles. The molecule has 0 unspecified atom stereocenters. The van der Waals surface area contributed by atoms with Crippen LogP contribution in [0.25, 0.3) is 0 Å². The van der Waals surface area contributed by atoms with Gasteiger partial charge in [0.15, 0.2) is 0 Å². The molecule has 0 amide bonds. The molecule has 1 aromatic carbocycles. The van der Waals surface area contributed by atoms with Crippen molar-refractivity contribution in [3.8, 4) is 6.07 Å². The maximum Gasteiger partial charge on any atom is 0.101 e. The fraction of sp³-hybridized carbons (Fsp3) is 0.562. The first-order chi connectivity index (χ1) is 8.98. The van der Waals surface area contributed by atoms with E-state index in [1.807, 2.05) is 12.1 Å². The lowest BCUT2D eigenvalue weighted by Gasteiger charge is -2.25. The van der Waals surface area contributed by atoms with Gasteiger partial charge >= 0.3 is 0 Å². The van der Waals surface area contributed by atoms with E-state index >= 15 is 0 Å². The van der Waals surface area contributed by atoms with Crippen molar-refractivity contribution in [3.63, 3.8) is 0 Å². The van der Waals surface area contributed by atoms with E-state index in [1.165, 1.54) is 25.7 Å². The summed E-state index contributed by atoms with van der Waals surface area (Å²) in [5.41, 5.74) is 8.14. The summed E-state index contributed by atoms with van der Waals surface area (Å²) >= 11 is 0. The predicted molar refractivity (Wildman–Crippen MR) is 82.0 cm³/mol. The second kappa shape index (κ2) is 7.04. The molecule has 1 aromatic rings. The molecule has 0 heterocycles. The van der Waals surface area contributed by atoms with Crippen molar-refractivity contribution < 1.29 is 0 Å². The number of hydrogen-bond acceptors (Lipinski definition) is 3. The molecule has 3 heteroatoms. The van der Waals surface area contributed by atoms with Gasteiger partial charge in [-0.2, -0.15) is 5.26 Å². The van der Waals surface area contributed by atoms with Crippen LogP contribution in [0.5, 0.6) is 0 Å². The smallest absolute Gasteiger partial charge is 0.101 e. The molecule has 0 fully saturated rings. The van der Waals surface area contributed by atoms with Crippen LogP contribution in [-0.2, 0) is 0 Å². The van der Waals surface area contributed by atoms with Crippen LogP contribution in [-0.4, -0.2) is 6.54 Å². The number of nitrogens with one attached hydrogen (secondary N) is 1. The summed E-state index contributed by atoms with van der Waals surface area (Å²) in [6.07, 6.45) is 5.06. The van der Waals surface area contributed by atoms with Crippen molar-refractivity contribution in [2.75, 3.05) is 17.6 Å². The second-order valence-corrected chi connectivity index (χ2v) is 5.89. The average Bonchev–Trinajstić information content (AvgIpc) is 2.37. The van der Waals surface area contributed by atoms with Crippen LogP contribution in [0.4, 0.5) is 11.4 Å². The Balaban J connectivity index is 2.52. The standard InChI is InChI=1S/C16H25N3/c1-4-5-6-9-16(2,3)12-19-14-8-7-13(11-17)15(18)10-14/h7-8,10,19H,4-6,9,12,18H2,1-3H3. The fourth-order valence-corrected chi connectivity index (χ4v) is 2.06. The van der Waals surface area contributed by atoms with Gasteiger partial charge in [-0.25, -0.2) is 0 Å². The lowest BCUT2D eigenvalue weighted by Crippen LogP contribution is -2.23. The van der Waals surface area contributed by atoms with E-state index in [0.29, 0.717) is 11.3 Å². The molecule has 0 aliphatic carbocycles. The minimum absolute atomic E-state index is 0.276. The van der Waals surface area contributed by atoms with Crippen LogP contribution in [0.2, 0.25) is 0 Å². The van der Waals surface area contributed by atoms with Gasteiger partial charge in [-0.05, 0) is 30.0 Å². The first kappa shape index (κ1) is 15.4. The maximum atomic E-state index is 8.84. The summed E-state index contributed by atoms with van der Waals surface area (Å²) in [5.74, 6) is 0. The third kappa shape index (κ3) is 5.21. The second-order valence-electron chi connectivity index (χ2n) is 5.89. The zero-order valence-corrected chi connectivity index (χ0v) is 12.3. The molecule has 0 aromatic heterocycles. The van der Waals surface area contributed by atoms with E-state index in [1.54, 1.807) is 6.07 Å². The zero-order valence-electron chi connectivity index (χ0n) is 12.3. The molecule has 3 N–H and O–H groups in total. The number of nitriles is 1.